The van der Waals surface area contributed by atoms with Crippen LogP contribution in [0.3, 0.4) is 0 Å². The second-order valence-electron chi connectivity index (χ2n) is 5.84. The molecule has 2 aliphatic rings. The van der Waals surface area contributed by atoms with E-state index in [0.717, 1.165) is 11.8 Å². The molecule has 2 fully saturated rings. The van der Waals surface area contributed by atoms with Crippen LogP contribution in [0.15, 0.2) is 18.2 Å². The summed E-state index contributed by atoms with van der Waals surface area (Å²) in [5, 5.41) is 12.9. The number of carbonyl (C=O) groups is 1. The molecular formula is C15H17F2NO2S. The van der Waals surface area contributed by atoms with Gasteiger partial charge in [-0.15, -0.1) is 0 Å². The van der Waals surface area contributed by atoms with E-state index in [0.29, 0.717) is 18.6 Å². The summed E-state index contributed by atoms with van der Waals surface area (Å²) in [4.78, 5) is 12.0. The summed E-state index contributed by atoms with van der Waals surface area (Å²) in [6.07, 6.45) is 1.20. The van der Waals surface area contributed by atoms with Crippen LogP contribution in [0, 0.1) is 17.6 Å². The fourth-order valence-electron chi connectivity index (χ4n) is 2.75. The lowest BCUT2D eigenvalue weighted by Gasteiger charge is -2.21. The average Bonchev–Trinajstić information content (AvgIpc) is 3.14. The van der Waals surface area contributed by atoms with Crippen LogP contribution in [0.25, 0.3) is 0 Å². The predicted octanol–water partition coefficient (Wildman–Crippen LogP) is 2.05. The minimum absolute atomic E-state index is 0.186. The number of rotatable bonds is 4. The largest absolute Gasteiger partial charge is 0.387 e. The Morgan fingerprint density at radius 1 is 1.48 bits per heavy atom. The molecule has 1 heterocycles. The van der Waals surface area contributed by atoms with Gasteiger partial charge in [0.15, 0.2) is 11.6 Å². The van der Waals surface area contributed by atoms with Gasteiger partial charge in [-0.25, -0.2) is 8.78 Å². The summed E-state index contributed by atoms with van der Waals surface area (Å²) in [5.74, 6) is -0.979. The Labute approximate surface area is 126 Å². The van der Waals surface area contributed by atoms with Crippen LogP contribution in [0.4, 0.5) is 8.78 Å². The predicted molar refractivity (Wildman–Crippen MR) is 77.1 cm³/mol. The van der Waals surface area contributed by atoms with Gasteiger partial charge in [-0.05, 0) is 36.1 Å². The monoisotopic (exact) mass is 313 g/mol. The molecule has 0 radical (unpaired) electrons. The van der Waals surface area contributed by atoms with Gasteiger partial charge in [0, 0.05) is 18.2 Å². The van der Waals surface area contributed by atoms with Crippen LogP contribution in [-0.4, -0.2) is 34.7 Å². The van der Waals surface area contributed by atoms with Crippen molar-refractivity contribution in [3.63, 3.8) is 0 Å². The first-order valence-corrected chi connectivity index (χ1v) is 8.17. The Morgan fingerprint density at radius 2 is 2.29 bits per heavy atom. The van der Waals surface area contributed by atoms with E-state index in [4.69, 9.17) is 0 Å². The molecule has 3 unspecified atom stereocenters. The van der Waals surface area contributed by atoms with Gasteiger partial charge >= 0.3 is 0 Å². The highest BCUT2D eigenvalue weighted by Crippen LogP contribution is 2.48. The Balaban J connectivity index is 1.57. The molecule has 21 heavy (non-hydrogen) atoms. The molecule has 1 aliphatic carbocycles. The van der Waals surface area contributed by atoms with Crippen molar-refractivity contribution in [3.8, 4) is 0 Å². The highest BCUT2D eigenvalue weighted by Gasteiger charge is 2.46. The summed E-state index contributed by atoms with van der Waals surface area (Å²) in [6.45, 7) is 0.230. The van der Waals surface area contributed by atoms with Crippen LogP contribution < -0.4 is 5.32 Å². The Hall–Kier alpha value is -1.14. The highest BCUT2D eigenvalue weighted by molar-refractivity contribution is 7.99. The number of carbonyl (C=O) groups excluding carboxylic acids is 1. The zero-order chi connectivity index (χ0) is 15.0. The molecule has 1 aromatic carbocycles. The fourth-order valence-corrected chi connectivity index (χ4v) is 4.05. The first-order valence-electron chi connectivity index (χ1n) is 7.02. The molecule has 114 valence electrons. The van der Waals surface area contributed by atoms with Crippen molar-refractivity contribution >= 4 is 17.7 Å². The molecule has 2 N–H and O–H groups in total. The van der Waals surface area contributed by atoms with Crippen molar-refractivity contribution in [1.82, 2.24) is 5.32 Å². The van der Waals surface area contributed by atoms with Crippen LogP contribution in [0.5, 0.6) is 0 Å². The van der Waals surface area contributed by atoms with Gasteiger partial charge in [0.05, 0.1) is 5.60 Å². The fraction of sp³-hybridized carbons (Fsp3) is 0.533. The lowest BCUT2D eigenvalue weighted by atomic mass is 10.0. The zero-order valence-corrected chi connectivity index (χ0v) is 12.3. The summed E-state index contributed by atoms with van der Waals surface area (Å²) < 4.78 is 26.9. The molecule has 3 nitrogen and oxygen atoms in total. The second kappa shape index (κ2) is 5.57. The minimum atomic E-state index is -0.879. The lowest BCUT2D eigenvalue weighted by Crippen LogP contribution is -2.43. The first kappa shape index (κ1) is 14.8. The van der Waals surface area contributed by atoms with Crippen molar-refractivity contribution in [3.05, 3.63) is 35.4 Å². The van der Waals surface area contributed by atoms with E-state index in [-0.39, 0.29) is 29.9 Å². The third-order valence-electron chi connectivity index (χ3n) is 4.18. The SMILES string of the molecule is O=C(NCC1(O)CCSC1)C1CC1c1cccc(F)c1F. The molecule has 1 aromatic rings. The van der Waals surface area contributed by atoms with E-state index in [1.807, 2.05) is 0 Å². The molecule has 0 bridgehead atoms. The first-order chi connectivity index (χ1) is 10.0. The summed E-state index contributed by atoms with van der Waals surface area (Å²) in [6, 6.07) is 4.06. The van der Waals surface area contributed by atoms with Crippen molar-refractivity contribution in [2.75, 3.05) is 18.1 Å². The topological polar surface area (TPSA) is 49.3 Å². The third-order valence-corrected chi connectivity index (χ3v) is 5.42. The molecule has 3 rings (SSSR count). The number of hydrogen-bond acceptors (Lipinski definition) is 3. The Kier molecular flexibility index (Phi) is 3.92. The maximum absolute atomic E-state index is 13.7. The van der Waals surface area contributed by atoms with Crippen molar-refractivity contribution in [2.45, 2.75) is 24.4 Å². The lowest BCUT2D eigenvalue weighted by molar-refractivity contribution is -0.123. The summed E-state index contributed by atoms with van der Waals surface area (Å²) in [7, 11) is 0. The van der Waals surface area contributed by atoms with Crippen LogP contribution >= 0.6 is 11.8 Å². The van der Waals surface area contributed by atoms with E-state index < -0.39 is 17.2 Å². The number of amides is 1. The molecule has 6 heteroatoms. The van der Waals surface area contributed by atoms with Crippen molar-refractivity contribution in [2.24, 2.45) is 5.92 Å². The van der Waals surface area contributed by atoms with Gasteiger partial charge in [0.2, 0.25) is 5.91 Å². The van der Waals surface area contributed by atoms with E-state index in [1.165, 1.54) is 12.1 Å². The number of aliphatic hydroxyl groups is 1. The Bertz CT molecular complexity index is 561. The van der Waals surface area contributed by atoms with E-state index in [9.17, 15) is 18.7 Å². The molecule has 0 spiro atoms. The number of thioether (sulfide) groups is 1. The second-order valence-corrected chi connectivity index (χ2v) is 6.94. The van der Waals surface area contributed by atoms with E-state index in [1.54, 1.807) is 11.8 Å². The van der Waals surface area contributed by atoms with Crippen LogP contribution in [0.2, 0.25) is 0 Å². The molecule has 1 saturated carbocycles. The average molecular weight is 313 g/mol. The number of halogens is 2. The van der Waals surface area contributed by atoms with Gasteiger partial charge in [0.1, 0.15) is 0 Å². The normalized spacial score (nSPS) is 31.2. The number of hydrogen-bond donors (Lipinski definition) is 2. The third kappa shape index (κ3) is 3.06. The van der Waals surface area contributed by atoms with E-state index >= 15 is 0 Å². The van der Waals surface area contributed by atoms with Crippen molar-refractivity contribution in [1.29, 1.82) is 0 Å². The van der Waals surface area contributed by atoms with Crippen LogP contribution in [0.1, 0.15) is 24.3 Å². The Morgan fingerprint density at radius 3 is 3.00 bits per heavy atom. The number of benzene rings is 1. The van der Waals surface area contributed by atoms with E-state index in [2.05, 4.69) is 5.32 Å². The molecular weight excluding hydrogens is 296 g/mol. The highest BCUT2D eigenvalue weighted by atomic mass is 32.2. The van der Waals surface area contributed by atoms with Gasteiger partial charge in [-0.1, -0.05) is 12.1 Å². The van der Waals surface area contributed by atoms with Crippen LogP contribution in [-0.2, 0) is 4.79 Å². The molecule has 1 amide bonds. The van der Waals surface area contributed by atoms with Gasteiger partial charge in [0.25, 0.3) is 0 Å². The maximum atomic E-state index is 13.7. The molecule has 3 atom stereocenters. The smallest absolute Gasteiger partial charge is 0.223 e. The minimum Gasteiger partial charge on any atom is -0.387 e. The quantitative estimate of drug-likeness (QED) is 0.894. The molecule has 0 aromatic heterocycles. The molecule has 1 aliphatic heterocycles. The summed E-state index contributed by atoms with van der Waals surface area (Å²) in [5.41, 5.74) is -0.556. The maximum Gasteiger partial charge on any atom is 0.223 e. The number of nitrogens with one attached hydrogen (secondary N) is 1. The summed E-state index contributed by atoms with van der Waals surface area (Å²) >= 11 is 1.67. The van der Waals surface area contributed by atoms with Gasteiger partial charge < -0.3 is 10.4 Å². The van der Waals surface area contributed by atoms with Gasteiger partial charge in [-0.3, -0.25) is 4.79 Å². The van der Waals surface area contributed by atoms with Crippen molar-refractivity contribution < 1.29 is 18.7 Å². The standard InChI is InChI=1S/C15H17F2NO2S/c16-12-3-1-2-9(13(12)17)10-6-11(10)14(19)18-7-15(20)4-5-21-8-15/h1-3,10-11,20H,4-8H2,(H,18,19). The molecule has 1 saturated heterocycles. The van der Waals surface area contributed by atoms with Gasteiger partial charge in [-0.2, -0.15) is 11.8 Å². The zero-order valence-electron chi connectivity index (χ0n) is 11.4.